The van der Waals surface area contributed by atoms with Gasteiger partial charge in [0, 0.05) is 42.5 Å². The molecule has 2 aromatic carbocycles. The molecule has 0 radical (unpaired) electrons. The van der Waals surface area contributed by atoms with Crippen LogP contribution in [-0.4, -0.2) is 48.9 Å². The van der Waals surface area contributed by atoms with E-state index in [1.165, 1.54) is 0 Å². The smallest absolute Gasteiger partial charge is 0.267 e. The molecule has 0 bridgehead atoms. The van der Waals surface area contributed by atoms with Crippen LogP contribution >= 0.6 is 0 Å². The molecule has 0 aromatic heterocycles. The first-order chi connectivity index (χ1) is 14.7. The van der Waals surface area contributed by atoms with Gasteiger partial charge in [-0.25, -0.2) is 5.48 Å². The fraction of sp³-hybridized carbons (Fsp3) is 0.333. The van der Waals surface area contributed by atoms with Gasteiger partial charge in [0.2, 0.25) is 0 Å². The molecule has 164 valence electrons. The summed E-state index contributed by atoms with van der Waals surface area (Å²) in [5.74, 6) is 5.04. The third kappa shape index (κ3) is 7.54. The van der Waals surface area contributed by atoms with Crippen LogP contribution in [0, 0.1) is 11.8 Å². The summed E-state index contributed by atoms with van der Waals surface area (Å²) in [6.45, 7) is 1.55. The standard InChI is InChI=1S/C23H25N3O4.CH4/c27-22(25-21(23(28)26-29)16-24-20-12-14-30-15-13-20)19-10-8-18(9-11-19)7-6-17-4-2-1-3-5-17;/h1-5,8-11,20-21,24,29H,12-16H2,(H,25,27)(H,26,28);1H4/t21-;/m0./s1. The summed E-state index contributed by atoms with van der Waals surface area (Å²) in [7, 11) is 0. The summed E-state index contributed by atoms with van der Waals surface area (Å²) in [5.41, 5.74) is 3.71. The zero-order valence-electron chi connectivity index (χ0n) is 16.6. The maximum atomic E-state index is 12.6. The molecule has 1 heterocycles. The predicted octanol–water partition coefficient (Wildman–Crippen LogP) is 2.09. The van der Waals surface area contributed by atoms with Crippen LogP contribution in [0.3, 0.4) is 0 Å². The lowest BCUT2D eigenvalue weighted by Crippen LogP contribution is -2.53. The summed E-state index contributed by atoms with van der Waals surface area (Å²) in [4.78, 5) is 24.5. The number of carbonyl (C=O) groups is 2. The lowest BCUT2D eigenvalue weighted by molar-refractivity contribution is -0.131. The Bertz CT molecular complexity index is 898. The van der Waals surface area contributed by atoms with E-state index in [2.05, 4.69) is 22.5 Å². The van der Waals surface area contributed by atoms with Crippen LogP contribution in [0.15, 0.2) is 54.6 Å². The van der Waals surface area contributed by atoms with Gasteiger partial charge in [-0.2, -0.15) is 0 Å². The van der Waals surface area contributed by atoms with Crippen LogP contribution in [0.2, 0.25) is 0 Å². The van der Waals surface area contributed by atoms with Gasteiger partial charge in [0.25, 0.3) is 11.8 Å². The fourth-order valence-corrected chi connectivity index (χ4v) is 3.09. The zero-order chi connectivity index (χ0) is 21.2. The van der Waals surface area contributed by atoms with Gasteiger partial charge in [0.1, 0.15) is 6.04 Å². The van der Waals surface area contributed by atoms with Gasteiger partial charge in [-0.15, -0.1) is 0 Å². The third-order valence-corrected chi connectivity index (χ3v) is 4.84. The van der Waals surface area contributed by atoms with Crippen molar-refractivity contribution in [2.75, 3.05) is 19.8 Å². The van der Waals surface area contributed by atoms with E-state index in [1.807, 2.05) is 30.3 Å². The molecule has 0 saturated carbocycles. The van der Waals surface area contributed by atoms with Crippen molar-refractivity contribution in [2.24, 2.45) is 0 Å². The maximum Gasteiger partial charge on any atom is 0.267 e. The number of benzene rings is 2. The van der Waals surface area contributed by atoms with Gasteiger partial charge in [0.05, 0.1) is 0 Å². The highest BCUT2D eigenvalue weighted by Crippen LogP contribution is 2.07. The Morgan fingerprint density at radius 1 is 1.00 bits per heavy atom. The Hall–Kier alpha value is -3.18. The second kappa shape index (κ2) is 12.5. The average Bonchev–Trinajstić information content (AvgIpc) is 2.81. The van der Waals surface area contributed by atoms with E-state index in [0.717, 1.165) is 24.0 Å². The normalized spacial score (nSPS) is 14.4. The van der Waals surface area contributed by atoms with Crippen molar-refractivity contribution < 1.29 is 19.5 Å². The average molecular weight is 424 g/mol. The maximum absolute atomic E-state index is 12.6. The summed E-state index contributed by atoms with van der Waals surface area (Å²) in [6.07, 6.45) is 1.68. The lowest BCUT2D eigenvalue weighted by Gasteiger charge is -2.25. The molecule has 1 atom stereocenters. The van der Waals surface area contributed by atoms with E-state index in [0.29, 0.717) is 18.8 Å². The molecule has 0 unspecified atom stereocenters. The first kappa shape index (κ1) is 24.1. The topological polar surface area (TPSA) is 99.7 Å². The van der Waals surface area contributed by atoms with Crippen molar-refractivity contribution in [1.29, 1.82) is 0 Å². The van der Waals surface area contributed by atoms with Gasteiger partial charge in [-0.3, -0.25) is 14.8 Å². The second-order valence-corrected chi connectivity index (χ2v) is 6.99. The predicted molar refractivity (Wildman–Crippen MR) is 119 cm³/mol. The van der Waals surface area contributed by atoms with Gasteiger partial charge in [-0.05, 0) is 49.2 Å². The largest absolute Gasteiger partial charge is 0.381 e. The van der Waals surface area contributed by atoms with E-state index in [9.17, 15) is 9.59 Å². The van der Waals surface area contributed by atoms with Crippen molar-refractivity contribution in [2.45, 2.75) is 32.4 Å². The van der Waals surface area contributed by atoms with E-state index >= 15 is 0 Å². The summed E-state index contributed by atoms with van der Waals surface area (Å²) in [6, 6.07) is 15.8. The van der Waals surface area contributed by atoms with E-state index in [-0.39, 0.29) is 20.0 Å². The summed E-state index contributed by atoms with van der Waals surface area (Å²) >= 11 is 0. The molecule has 1 aliphatic rings. The highest BCUT2D eigenvalue weighted by atomic mass is 16.5. The Labute approximate surface area is 183 Å². The van der Waals surface area contributed by atoms with Gasteiger partial charge in [0.15, 0.2) is 0 Å². The Kier molecular flexibility index (Phi) is 9.72. The Morgan fingerprint density at radius 2 is 1.61 bits per heavy atom. The van der Waals surface area contributed by atoms with Gasteiger partial charge in [-0.1, -0.05) is 37.5 Å². The Balaban J connectivity index is 0.00000341. The molecule has 3 rings (SSSR count). The molecule has 7 heteroatoms. The quantitative estimate of drug-likeness (QED) is 0.324. The first-order valence-electron chi connectivity index (χ1n) is 9.89. The first-order valence-corrected chi connectivity index (χ1v) is 9.89. The number of ether oxygens (including phenoxy) is 1. The molecule has 1 aliphatic heterocycles. The Morgan fingerprint density at radius 3 is 2.23 bits per heavy atom. The van der Waals surface area contributed by atoms with Crippen LogP contribution < -0.4 is 16.1 Å². The fourth-order valence-electron chi connectivity index (χ4n) is 3.09. The minimum atomic E-state index is -0.900. The molecular formula is C24H29N3O4. The molecule has 0 aliphatic carbocycles. The molecule has 31 heavy (non-hydrogen) atoms. The number of carbonyl (C=O) groups excluding carboxylic acids is 2. The van der Waals surface area contributed by atoms with E-state index < -0.39 is 17.9 Å². The van der Waals surface area contributed by atoms with Gasteiger partial charge < -0.3 is 15.4 Å². The van der Waals surface area contributed by atoms with Crippen LogP contribution in [0.4, 0.5) is 0 Å². The van der Waals surface area contributed by atoms with E-state index in [4.69, 9.17) is 9.94 Å². The minimum Gasteiger partial charge on any atom is -0.381 e. The summed E-state index contributed by atoms with van der Waals surface area (Å²) < 4.78 is 5.31. The molecule has 2 amide bonds. The molecular weight excluding hydrogens is 394 g/mol. The van der Waals surface area contributed by atoms with Crippen LogP contribution in [0.25, 0.3) is 0 Å². The number of rotatable bonds is 6. The van der Waals surface area contributed by atoms with Crippen LogP contribution in [0.1, 0.15) is 41.8 Å². The van der Waals surface area contributed by atoms with Gasteiger partial charge >= 0.3 is 0 Å². The molecule has 7 nitrogen and oxygen atoms in total. The number of nitrogens with one attached hydrogen (secondary N) is 3. The summed E-state index contributed by atoms with van der Waals surface area (Å²) in [5, 5.41) is 14.9. The molecule has 4 N–H and O–H groups in total. The van der Waals surface area contributed by atoms with E-state index in [1.54, 1.807) is 29.7 Å². The zero-order valence-corrected chi connectivity index (χ0v) is 16.6. The minimum absolute atomic E-state index is 0. The number of hydrogen-bond donors (Lipinski definition) is 4. The van der Waals surface area contributed by atoms with Crippen molar-refractivity contribution in [1.82, 2.24) is 16.1 Å². The van der Waals surface area contributed by atoms with Crippen molar-refractivity contribution in [3.8, 4) is 11.8 Å². The molecule has 2 aromatic rings. The van der Waals surface area contributed by atoms with Crippen molar-refractivity contribution in [3.05, 3.63) is 71.3 Å². The van der Waals surface area contributed by atoms with Crippen LogP contribution in [0.5, 0.6) is 0 Å². The molecule has 1 fully saturated rings. The monoisotopic (exact) mass is 423 g/mol. The number of amides is 2. The third-order valence-electron chi connectivity index (χ3n) is 4.84. The van der Waals surface area contributed by atoms with Crippen molar-refractivity contribution in [3.63, 3.8) is 0 Å². The second-order valence-electron chi connectivity index (χ2n) is 6.99. The van der Waals surface area contributed by atoms with Crippen LogP contribution in [-0.2, 0) is 9.53 Å². The highest BCUT2D eigenvalue weighted by Gasteiger charge is 2.23. The number of hydroxylamine groups is 1. The lowest BCUT2D eigenvalue weighted by atomic mass is 10.1. The molecule has 0 spiro atoms. The molecule has 1 saturated heterocycles. The SMILES string of the molecule is C.O=C(N[C@@H](CNC1CCOCC1)C(=O)NO)c1ccc(C#Cc2ccccc2)cc1. The highest BCUT2D eigenvalue weighted by molar-refractivity contribution is 5.97. The van der Waals surface area contributed by atoms with Crippen molar-refractivity contribution >= 4 is 11.8 Å². The number of hydrogen-bond acceptors (Lipinski definition) is 5.